The van der Waals surface area contributed by atoms with E-state index in [1.165, 1.54) is 25.9 Å². The van der Waals surface area contributed by atoms with Crippen LogP contribution < -0.4 is 0 Å². The molecule has 1 atom stereocenters. The highest BCUT2D eigenvalue weighted by Crippen LogP contribution is 2.13. The van der Waals surface area contributed by atoms with Gasteiger partial charge in [0.1, 0.15) is 19.2 Å². The summed E-state index contributed by atoms with van der Waals surface area (Å²) in [5.74, 6) is 0. The third-order valence-corrected chi connectivity index (χ3v) is 2.36. The number of hydrogen-bond donors (Lipinski definition) is 0. The van der Waals surface area contributed by atoms with Gasteiger partial charge in [-0.1, -0.05) is 13.3 Å². The molecule has 1 aliphatic heterocycles. The lowest BCUT2D eigenvalue weighted by Crippen LogP contribution is -2.52. The largest absolute Gasteiger partial charge is 0.367 e. The highest BCUT2D eigenvalue weighted by Gasteiger charge is 2.26. The zero-order chi connectivity index (χ0) is 8.32. The maximum absolute atomic E-state index is 5.64. The molecular weight excluding hydrogens is 138 g/mol. The maximum atomic E-state index is 5.64. The van der Waals surface area contributed by atoms with Gasteiger partial charge in [-0.15, -0.1) is 0 Å². The van der Waals surface area contributed by atoms with E-state index in [0.717, 1.165) is 11.1 Å². The average molecular weight is 158 g/mol. The van der Waals surface area contributed by atoms with E-state index >= 15 is 0 Å². The summed E-state index contributed by atoms with van der Waals surface area (Å²) in [6.07, 6.45) is 2.98. The molecule has 0 aromatic rings. The quantitative estimate of drug-likeness (QED) is 0.550. The zero-order valence-corrected chi connectivity index (χ0v) is 7.97. The summed E-state index contributed by atoms with van der Waals surface area (Å²) in [6, 6.07) is 0. The van der Waals surface area contributed by atoms with Crippen molar-refractivity contribution in [3.63, 3.8) is 0 Å². The molecule has 0 spiro atoms. The Balaban J connectivity index is 2.34. The Kier molecular flexibility index (Phi) is 2.90. The minimum absolute atomic E-state index is 0.517. The van der Waals surface area contributed by atoms with Crippen LogP contribution in [-0.2, 0) is 4.74 Å². The molecule has 0 N–H and O–H groups in total. The number of ether oxygens (including phenoxy) is 1. The predicted molar refractivity (Wildman–Crippen MR) is 46.5 cm³/mol. The molecular formula is C9H20NO+. The van der Waals surface area contributed by atoms with Crippen LogP contribution in [0.3, 0.4) is 0 Å². The molecule has 1 unspecified atom stereocenters. The minimum atomic E-state index is 0.517. The van der Waals surface area contributed by atoms with Crippen LogP contribution in [0.15, 0.2) is 0 Å². The Hall–Kier alpha value is -0.0800. The molecule has 66 valence electrons. The minimum Gasteiger partial charge on any atom is -0.367 e. The Labute approximate surface area is 69.7 Å². The molecule has 1 fully saturated rings. The molecule has 2 heteroatoms. The first-order chi connectivity index (χ1) is 5.14. The van der Waals surface area contributed by atoms with Crippen molar-refractivity contribution >= 4 is 0 Å². The van der Waals surface area contributed by atoms with Crippen molar-refractivity contribution in [2.24, 2.45) is 0 Å². The molecule has 2 nitrogen and oxygen atoms in total. The van der Waals surface area contributed by atoms with Crippen molar-refractivity contribution in [3.05, 3.63) is 0 Å². The molecule has 1 aliphatic rings. The molecule has 11 heavy (non-hydrogen) atoms. The summed E-state index contributed by atoms with van der Waals surface area (Å²) in [5, 5.41) is 0. The van der Waals surface area contributed by atoms with E-state index in [0.29, 0.717) is 6.10 Å². The van der Waals surface area contributed by atoms with Crippen LogP contribution in [0.5, 0.6) is 0 Å². The van der Waals surface area contributed by atoms with Gasteiger partial charge in [-0.05, 0) is 6.42 Å². The SMILES string of the molecule is CCCC1C[N+](C)(C)CCO1. The molecule has 0 aliphatic carbocycles. The van der Waals surface area contributed by atoms with Gasteiger partial charge in [0.2, 0.25) is 0 Å². The van der Waals surface area contributed by atoms with Crippen LogP contribution in [0.4, 0.5) is 0 Å². The first kappa shape index (κ1) is 9.01. The van der Waals surface area contributed by atoms with Gasteiger partial charge in [-0.3, -0.25) is 0 Å². The van der Waals surface area contributed by atoms with E-state index in [1.54, 1.807) is 0 Å². The molecule has 1 rings (SSSR count). The maximum Gasteiger partial charge on any atom is 0.107 e. The van der Waals surface area contributed by atoms with E-state index in [9.17, 15) is 0 Å². The van der Waals surface area contributed by atoms with E-state index in [4.69, 9.17) is 4.74 Å². The van der Waals surface area contributed by atoms with Gasteiger partial charge in [0.25, 0.3) is 0 Å². The monoisotopic (exact) mass is 158 g/mol. The van der Waals surface area contributed by atoms with E-state index in [2.05, 4.69) is 21.0 Å². The number of quaternary nitrogens is 1. The van der Waals surface area contributed by atoms with E-state index in [1.807, 2.05) is 0 Å². The summed E-state index contributed by atoms with van der Waals surface area (Å²) in [6.45, 7) is 5.52. The third kappa shape index (κ3) is 2.80. The van der Waals surface area contributed by atoms with Crippen LogP contribution >= 0.6 is 0 Å². The summed E-state index contributed by atoms with van der Waals surface area (Å²) in [5.41, 5.74) is 0. The number of hydrogen-bond acceptors (Lipinski definition) is 1. The predicted octanol–water partition coefficient (Wildman–Crippen LogP) is 1.26. The van der Waals surface area contributed by atoms with Crippen molar-refractivity contribution < 1.29 is 9.22 Å². The van der Waals surface area contributed by atoms with Gasteiger partial charge in [0, 0.05) is 0 Å². The number of rotatable bonds is 2. The van der Waals surface area contributed by atoms with Gasteiger partial charge in [0.15, 0.2) is 0 Å². The molecule has 1 heterocycles. The Morgan fingerprint density at radius 2 is 2.18 bits per heavy atom. The van der Waals surface area contributed by atoms with Crippen molar-refractivity contribution in [1.82, 2.24) is 0 Å². The normalized spacial score (nSPS) is 30.3. The topological polar surface area (TPSA) is 9.23 Å². The second-order valence-electron chi connectivity index (χ2n) is 4.12. The lowest BCUT2D eigenvalue weighted by Gasteiger charge is -2.37. The summed E-state index contributed by atoms with van der Waals surface area (Å²) >= 11 is 0. The van der Waals surface area contributed by atoms with Crippen LogP contribution in [0.25, 0.3) is 0 Å². The second kappa shape index (κ2) is 3.55. The first-order valence-corrected chi connectivity index (χ1v) is 4.57. The number of likely N-dealkylation sites (N-methyl/N-ethyl adjacent to an activating group) is 1. The van der Waals surface area contributed by atoms with Crippen molar-refractivity contribution in [2.75, 3.05) is 33.8 Å². The molecule has 0 saturated carbocycles. The summed E-state index contributed by atoms with van der Waals surface area (Å²) in [4.78, 5) is 0. The standard InChI is InChI=1S/C9H20NO/c1-4-5-9-8-10(2,3)6-7-11-9/h9H,4-8H2,1-3H3/q+1. The summed E-state index contributed by atoms with van der Waals surface area (Å²) in [7, 11) is 4.57. The van der Waals surface area contributed by atoms with Gasteiger partial charge in [0.05, 0.1) is 20.7 Å². The van der Waals surface area contributed by atoms with E-state index in [-0.39, 0.29) is 0 Å². The van der Waals surface area contributed by atoms with Crippen molar-refractivity contribution in [2.45, 2.75) is 25.9 Å². The molecule has 1 saturated heterocycles. The molecule has 0 aromatic heterocycles. The van der Waals surface area contributed by atoms with Gasteiger partial charge >= 0.3 is 0 Å². The first-order valence-electron chi connectivity index (χ1n) is 4.57. The van der Waals surface area contributed by atoms with Gasteiger partial charge < -0.3 is 9.22 Å². The van der Waals surface area contributed by atoms with Crippen LogP contribution in [0, 0.1) is 0 Å². The fourth-order valence-electron chi connectivity index (χ4n) is 1.66. The highest BCUT2D eigenvalue weighted by molar-refractivity contribution is 4.59. The zero-order valence-electron chi connectivity index (χ0n) is 7.97. The lowest BCUT2D eigenvalue weighted by atomic mass is 10.1. The van der Waals surface area contributed by atoms with E-state index < -0.39 is 0 Å². The van der Waals surface area contributed by atoms with Crippen molar-refractivity contribution in [1.29, 1.82) is 0 Å². The second-order valence-corrected chi connectivity index (χ2v) is 4.12. The Morgan fingerprint density at radius 1 is 1.45 bits per heavy atom. The highest BCUT2D eigenvalue weighted by atomic mass is 16.5. The van der Waals surface area contributed by atoms with Gasteiger partial charge in [-0.25, -0.2) is 0 Å². The molecule has 0 amide bonds. The number of morpholine rings is 1. The smallest absolute Gasteiger partial charge is 0.107 e. The average Bonchev–Trinajstić information content (AvgIpc) is 1.85. The third-order valence-electron chi connectivity index (χ3n) is 2.36. The fraction of sp³-hybridized carbons (Fsp3) is 1.00. The lowest BCUT2D eigenvalue weighted by molar-refractivity contribution is -0.901. The Morgan fingerprint density at radius 3 is 2.73 bits per heavy atom. The van der Waals surface area contributed by atoms with Gasteiger partial charge in [-0.2, -0.15) is 0 Å². The fourth-order valence-corrected chi connectivity index (χ4v) is 1.66. The van der Waals surface area contributed by atoms with Crippen LogP contribution in [-0.4, -0.2) is 44.4 Å². The van der Waals surface area contributed by atoms with Crippen LogP contribution in [0.1, 0.15) is 19.8 Å². The summed E-state index contributed by atoms with van der Waals surface area (Å²) < 4.78 is 6.77. The molecule has 0 radical (unpaired) electrons. The van der Waals surface area contributed by atoms with Crippen molar-refractivity contribution in [3.8, 4) is 0 Å². The van der Waals surface area contributed by atoms with Crippen LogP contribution in [0.2, 0.25) is 0 Å². The number of nitrogens with zero attached hydrogens (tertiary/aromatic N) is 1. The Bertz CT molecular complexity index is 121. The molecule has 0 aromatic carbocycles. The molecule has 0 bridgehead atoms.